The van der Waals surface area contributed by atoms with E-state index >= 15 is 0 Å². The molecule has 3 heterocycles. The fourth-order valence-electron chi connectivity index (χ4n) is 4.92. The Morgan fingerprint density at radius 1 is 0.943 bits per heavy atom. The van der Waals surface area contributed by atoms with Gasteiger partial charge in [0.2, 0.25) is 16.0 Å². The highest BCUT2D eigenvalue weighted by Gasteiger charge is 2.54. The molecule has 35 heavy (non-hydrogen) atoms. The summed E-state index contributed by atoms with van der Waals surface area (Å²) in [6, 6.07) is 18.8. The smallest absolute Gasteiger partial charge is 0.225 e. The Morgan fingerprint density at radius 3 is 2.14 bits per heavy atom. The van der Waals surface area contributed by atoms with Crippen molar-refractivity contribution in [2.75, 3.05) is 37.3 Å². The molecule has 2 aromatic carbocycles. The summed E-state index contributed by atoms with van der Waals surface area (Å²) in [5.74, 6) is 1.47. The first kappa shape index (κ1) is 23.8. The van der Waals surface area contributed by atoms with E-state index in [1.165, 1.54) is 27.3 Å². The zero-order chi connectivity index (χ0) is 24.8. The number of hydrogen-bond donors (Lipinski definition) is 0. The van der Waals surface area contributed by atoms with E-state index in [2.05, 4.69) is 72.0 Å². The normalized spacial score (nSPS) is 17.7. The highest BCUT2D eigenvalue weighted by Crippen LogP contribution is 2.42. The van der Waals surface area contributed by atoms with Crippen LogP contribution < -0.4 is 9.64 Å². The number of benzene rings is 2. The first-order chi connectivity index (χ1) is 16.5. The third-order valence-electron chi connectivity index (χ3n) is 7.26. The molecule has 1 spiro atoms. The maximum absolute atomic E-state index is 11.6. The van der Waals surface area contributed by atoms with Crippen LogP contribution in [0.3, 0.4) is 0 Å². The molecular weight excluding hydrogens is 460 g/mol. The van der Waals surface area contributed by atoms with Gasteiger partial charge in [-0.05, 0) is 36.2 Å². The molecule has 5 rings (SSSR count). The van der Waals surface area contributed by atoms with Crippen LogP contribution >= 0.6 is 0 Å². The van der Waals surface area contributed by atoms with Crippen molar-refractivity contribution in [3.05, 3.63) is 83.2 Å². The molecule has 184 valence electrons. The number of anilines is 1. The van der Waals surface area contributed by atoms with Crippen LogP contribution in [-0.2, 0) is 22.0 Å². The van der Waals surface area contributed by atoms with Crippen molar-refractivity contribution < 1.29 is 13.2 Å². The maximum atomic E-state index is 11.6. The molecule has 0 bridgehead atoms. The highest BCUT2D eigenvalue weighted by atomic mass is 32.2. The number of ether oxygens (including phenoxy) is 1. The minimum absolute atomic E-state index is 0.0487. The number of aromatic nitrogens is 2. The summed E-state index contributed by atoms with van der Waals surface area (Å²) < 4.78 is 30.8. The number of aryl methyl sites for hydroxylation is 1. The van der Waals surface area contributed by atoms with Crippen molar-refractivity contribution >= 4 is 16.0 Å². The average Bonchev–Trinajstić information content (AvgIpc) is 2.76. The molecule has 2 fully saturated rings. The lowest BCUT2D eigenvalue weighted by Gasteiger charge is -2.59. The molecule has 0 unspecified atom stereocenters. The number of rotatable bonds is 7. The summed E-state index contributed by atoms with van der Waals surface area (Å²) in [6.07, 6.45) is 3.02. The molecule has 0 radical (unpaired) electrons. The Balaban J connectivity index is 1.17. The Hall–Kier alpha value is -2.97. The van der Waals surface area contributed by atoms with E-state index in [-0.39, 0.29) is 10.8 Å². The molecule has 2 saturated heterocycles. The van der Waals surface area contributed by atoms with Gasteiger partial charge in [0.25, 0.3) is 0 Å². The second kappa shape index (κ2) is 8.60. The van der Waals surface area contributed by atoms with Crippen molar-refractivity contribution in [1.82, 2.24) is 14.3 Å². The zero-order valence-corrected chi connectivity index (χ0v) is 21.5. The van der Waals surface area contributed by atoms with Crippen LogP contribution in [0.25, 0.3) is 0 Å². The average molecular weight is 493 g/mol. The summed E-state index contributed by atoms with van der Waals surface area (Å²) in [7, 11) is -3.10. The van der Waals surface area contributed by atoms with Gasteiger partial charge in [0.1, 0.15) is 12.4 Å². The Kier molecular flexibility index (Phi) is 5.84. The molecular formula is C27H32N4O3S. The van der Waals surface area contributed by atoms with E-state index in [4.69, 9.17) is 4.74 Å². The molecule has 0 atom stereocenters. The zero-order valence-electron chi connectivity index (χ0n) is 20.7. The molecule has 1 aromatic heterocycles. The van der Waals surface area contributed by atoms with Gasteiger partial charge in [0, 0.05) is 43.2 Å². The minimum atomic E-state index is -3.10. The lowest BCUT2D eigenvalue weighted by atomic mass is 9.74. The Morgan fingerprint density at radius 2 is 1.54 bits per heavy atom. The monoisotopic (exact) mass is 492 g/mol. The molecule has 2 aliphatic rings. The van der Waals surface area contributed by atoms with E-state index in [1.807, 2.05) is 18.2 Å². The highest BCUT2D eigenvalue weighted by molar-refractivity contribution is 7.88. The van der Waals surface area contributed by atoms with Crippen LogP contribution in [0.2, 0.25) is 0 Å². The molecule has 3 aromatic rings. The van der Waals surface area contributed by atoms with Crippen LogP contribution in [0.15, 0.2) is 60.8 Å². The lowest BCUT2D eigenvalue weighted by Crippen LogP contribution is -2.73. The maximum Gasteiger partial charge on any atom is 0.225 e. The van der Waals surface area contributed by atoms with Gasteiger partial charge in [-0.25, -0.2) is 22.7 Å². The molecule has 8 heteroatoms. The third-order valence-corrected chi connectivity index (χ3v) is 8.46. The second-order valence-electron chi connectivity index (χ2n) is 10.5. The van der Waals surface area contributed by atoms with Gasteiger partial charge in [-0.3, -0.25) is 0 Å². The van der Waals surface area contributed by atoms with Crippen molar-refractivity contribution in [3.8, 4) is 5.75 Å². The predicted octanol–water partition coefficient (Wildman–Crippen LogP) is 3.77. The van der Waals surface area contributed by atoms with E-state index in [1.54, 1.807) is 6.20 Å². The first-order valence-corrected chi connectivity index (χ1v) is 13.7. The van der Waals surface area contributed by atoms with Gasteiger partial charge in [-0.1, -0.05) is 55.8 Å². The third kappa shape index (κ3) is 4.77. The van der Waals surface area contributed by atoms with Crippen LogP contribution in [0.1, 0.15) is 36.2 Å². The van der Waals surface area contributed by atoms with Crippen LogP contribution in [0.4, 0.5) is 5.95 Å². The standard InChI is InChI=1S/C27H32N4O3S/c1-20-5-7-21(8-6-20)26(2,3)22-9-11-24(12-10-22)34-15-23-13-14-28-25(29-23)30-16-27(17-30)18-31(19-27)35(4,32)33/h5-14H,15-19H2,1-4H3. The second-order valence-corrected chi connectivity index (χ2v) is 12.5. The molecule has 0 saturated carbocycles. The Bertz CT molecular complexity index is 1310. The van der Waals surface area contributed by atoms with Gasteiger partial charge in [-0.15, -0.1) is 0 Å². The van der Waals surface area contributed by atoms with E-state index in [9.17, 15) is 8.42 Å². The van der Waals surface area contributed by atoms with Crippen LogP contribution in [-0.4, -0.2) is 55.1 Å². The van der Waals surface area contributed by atoms with Crippen molar-refractivity contribution in [1.29, 1.82) is 0 Å². The van der Waals surface area contributed by atoms with Gasteiger partial charge in [-0.2, -0.15) is 0 Å². The van der Waals surface area contributed by atoms with Gasteiger partial charge >= 0.3 is 0 Å². The van der Waals surface area contributed by atoms with Crippen LogP contribution in [0.5, 0.6) is 5.75 Å². The molecule has 7 nitrogen and oxygen atoms in total. The van der Waals surface area contributed by atoms with Gasteiger partial charge in [0.05, 0.1) is 11.9 Å². The Labute approximate surface area is 207 Å². The minimum Gasteiger partial charge on any atom is -0.487 e. The summed E-state index contributed by atoms with van der Waals surface area (Å²) in [4.78, 5) is 11.2. The van der Waals surface area contributed by atoms with Crippen LogP contribution in [0, 0.1) is 12.3 Å². The van der Waals surface area contributed by atoms with Crippen molar-refractivity contribution in [2.24, 2.45) is 5.41 Å². The summed E-state index contributed by atoms with van der Waals surface area (Å²) in [5.41, 5.74) is 4.54. The summed E-state index contributed by atoms with van der Waals surface area (Å²) >= 11 is 0. The van der Waals surface area contributed by atoms with Gasteiger partial charge in [0.15, 0.2) is 0 Å². The topological polar surface area (TPSA) is 75.6 Å². The molecule has 0 N–H and O–H groups in total. The quantitative estimate of drug-likeness (QED) is 0.500. The molecule has 0 aliphatic carbocycles. The number of hydrogen-bond acceptors (Lipinski definition) is 6. The van der Waals surface area contributed by atoms with Crippen molar-refractivity contribution in [3.63, 3.8) is 0 Å². The molecule has 0 amide bonds. The SMILES string of the molecule is Cc1ccc(C(C)(C)c2ccc(OCc3ccnc(N4CC5(C4)CN(S(C)(=O)=O)C5)n3)cc2)cc1. The van der Waals surface area contributed by atoms with E-state index < -0.39 is 10.0 Å². The van der Waals surface area contributed by atoms with E-state index in [0.29, 0.717) is 25.6 Å². The fraction of sp³-hybridized carbons (Fsp3) is 0.407. The summed E-state index contributed by atoms with van der Waals surface area (Å²) in [6.45, 7) is 9.66. The summed E-state index contributed by atoms with van der Waals surface area (Å²) in [5, 5.41) is 0. The largest absolute Gasteiger partial charge is 0.487 e. The first-order valence-electron chi connectivity index (χ1n) is 11.9. The predicted molar refractivity (Wildman–Crippen MR) is 137 cm³/mol. The number of sulfonamides is 1. The lowest BCUT2D eigenvalue weighted by molar-refractivity contribution is 0.0389. The molecule has 2 aliphatic heterocycles. The fourth-order valence-corrected chi connectivity index (χ4v) is 5.94. The van der Waals surface area contributed by atoms with Crippen molar-refractivity contribution in [2.45, 2.75) is 32.8 Å². The number of nitrogens with zero attached hydrogens (tertiary/aromatic N) is 4. The van der Waals surface area contributed by atoms with E-state index in [0.717, 1.165) is 24.5 Å². The van der Waals surface area contributed by atoms with Gasteiger partial charge < -0.3 is 9.64 Å².